The zero-order chi connectivity index (χ0) is 24.3. The smallest absolute Gasteiger partial charge is 0.261 e. The molecule has 0 aliphatic carbocycles. The molecule has 0 bridgehead atoms. The summed E-state index contributed by atoms with van der Waals surface area (Å²) in [5.41, 5.74) is 1.96. The number of ether oxygens (including phenoxy) is 1. The van der Waals surface area contributed by atoms with Crippen LogP contribution in [0.1, 0.15) is 25.0 Å². The highest BCUT2D eigenvalue weighted by molar-refractivity contribution is 14.1. The van der Waals surface area contributed by atoms with Crippen molar-refractivity contribution in [1.29, 1.82) is 0 Å². The Labute approximate surface area is 215 Å². The first-order chi connectivity index (χ1) is 16.4. The Morgan fingerprint density at radius 2 is 1.47 bits per heavy atom. The second-order valence-corrected chi connectivity index (χ2v) is 9.84. The lowest BCUT2D eigenvalue weighted by atomic mass is 10.0. The van der Waals surface area contributed by atoms with Gasteiger partial charge in [0.05, 0.1) is 0 Å². The molecule has 178 valence electrons. The molecular weight excluding hydrogens is 539 g/mol. The average molecular weight is 570 g/mol. The maximum atomic E-state index is 13.5. The molecular formula is C28H31IN2O3. The van der Waals surface area contributed by atoms with Crippen molar-refractivity contribution in [3.8, 4) is 5.75 Å². The molecule has 1 atom stereocenters. The Bertz CT molecular complexity index is 1040. The summed E-state index contributed by atoms with van der Waals surface area (Å²) in [4.78, 5) is 28.5. The Kier molecular flexibility index (Phi) is 9.94. The highest BCUT2D eigenvalue weighted by Gasteiger charge is 2.30. The van der Waals surface area contributed by atoms with Crippen molar-refractivity contribution >= 4 is 34.4 Å². The molecule has 0 aromatic heterocycles. The highest BCUT2D eigenvalue weighted by Crippen LogP contribution is 2.17. The lowest BCUT2D eigenvalue weighted by molar-refractivity contribution is -0.142. The van der Waals surface area contributed by atoms with Gasteiger partial charge < -0.3 is 15.0 Å². The number of halogens is 1. The number of hydrogen-bond acceptors (Lipinski definition) is 3. The van der Waals surface area contributed by atoms with E-state index in [1.807, 2.05) is 98.8 Å². The van der Waals surface area contributed by atoms with Crippen LogP contribution in [0.25, 0.3) is 0 Å². The number of hydrogen-bond donors (Lipinski definition) is 1. The van der Waals surface area contributed by atoms with Gasteiger partial charge in [0, 0.05) is 23.1 Å². The van der Waals surface area contributed by atoms with Gasteiger partial charge in [-0.05, 0) is 63.9 Å². The zero-order valence-electron chi connectivity index (χ0n) is 19.6. The normalized spacial score (nSPS) is 11.6. The molecule has 3 aromatic rings. The van der Waals surface area contributed by atoms with Gasteiger partial charge in [0.2, 0.25) is 5.91 Å². The molecule has 0 unspecified atom stereocenters. The van der Waals surface area contributed by atoms with E-state index in [0.717, 1.165) is 14.7 Å². The van der Waals surface area contributed by atoms with Crippen molar-refractivity contribution in [3.63, 3.8) is 0 Å². The largest absolute Gasteiger partial charge is 0.484 e. The van der Waals surface area contributed by atoms with Crippen molar-refractivity contribution < 1.29 is 14.3 Å². The summed E-state index contributed by atoms with van der Waals surface area (Å²) < 4.78 is 6.88. The van der Waals surface area contributed by atoms with Crippen LogP contribution in [0, 0.1) is 9.49 Å². The fourth-order valence-corrected chi connectivity index (χ4v) is 3.87. The molecule has 2 amide bonds. The molecule has 0 fully saturated rings. The number of nitrogens with one attached hydrogen (secondary N) is 1. The quantitative estimate of drug-likeness (QED) is 0.327. The van der Waals surface area contributed by atoms with Crippen LogP contribution in [0.2, 0.25) is 0 Å². The number of nitrogens with zero attached hydrogens (tertiary/aromatic N) is 1. The van der Waals surface area contributed by atoms with E-state index in [0.29, 0.717) is 31.2 Å². The first-order valence-electron chi connectivity index (χ1n) is 11.5. The van der Waals surface area contributed by atoms with Crippen molar-refractivity contribution in [2.24, 2.45) is 5.92 Å². The summed E-state index contributed by atoms with van der Waals surface area (Å²) in [6, 6.07) is 26.4. The predicted octanol–water partition coefficient (Wildman–Crippen LogP) is 5.08. The Balaban J connectivity index is 1.86. The van der Waals surface area contributed by atoms with Crippen LogP contribution < -0.4 is 10.1 Å². The third-order valence-corrected chi connectivity index (χ3v) is 6.05. The molecule has 0 spiro atoms. The van der Waals surface area contributed by atoms with Crippen LogP contribution in [0.3, 0.4) is 0 Å². The molecule has 6 heteroatoms. The molecule has 34 heavy (non-hydrogen) atoms. The number of amides is 2. The molecule has 0 saturated heterocycles. The van der Waals surface area contributed by atoms with Crippen LogP contribution in [0.5, 0.6) is 5.75 Å². The number of rotatable bonds is 11. The van der Waals surface area contributed by atoms with E-state index >= 15 is 0 Å². The first kappa shape index (κ1) is 25.7. The van der Waals surface area contributed by atoms with E-state index in [1.165, 1.54) is 0 Å². The highest BCUT2D eigenvalue weighted by atomic mass is 127. The third kappa shape index (κ3) is 8.17. The monoisotopic (exact) mass is 570 g/mol. The van der Waals surface area contributed by atoms with E-state index in [1.54, 1.807) is 4.90 Å². The van der Waals surface area contributed by atoms with E-state index < -0.39 is 6.04 Å². The van der Waals surface area contributed by atoms with Crippen LogP contribution >= 0.6 is 22.6 Å². The average Bonchev–Trinajstić information content (AvgIpc) is 2.85. The Hall–Kier alpha value is -2.87. The van der Waals surface area contributed by atoms with Gasteiger partial charge in [-0.25, -0.2) is 0 Å². The summed E-state index contributed by atoms with van der Waals surface area (Å²) in [5.74, 6) is 0.542. The van der Waals surface area contributed by atoms with Gasteiger partial charge >= 0.3 is 0 Å². The summed E-state index contributed by atoms with van der Waals surface area (Å²) in [5, 5.41) is 3.03. The van der Waals surface area contributed by atoms with E-state index in [9.17, 15) is 9.59 Å². The minimum atomic E-state index is -0.658. The van der Waals surface area contributed by atoms with Gasteiger partial charge in [0.15, 0.2) is 6.61 Å². The molecule has 0 saturated carbocycles. The lowest BCUT2D eigenvalue weighted by Gasteiger charge is -2.31. The minimum Gasteiger partial charge on any atom is -0.484 e. The van der Waals surface area contributed by atoms with E-state index in [-0.39, 0.29) is 18.4 Å². The Morgan fingerprint density at radius 1 is 0.882 bits per heavy atom. The fourth-order valence-electron chi connectivity index (χ4n) is 3.52. The molecule has 0 radical (unpaired) electrons. The summed E-state index contributed by atoms with van der Waals surface area (Å²) >= 11 is 2.22. The second kappa shape index (κ2) is 13.1. The maximum absolute atomic E-state index is 13.5. The van der Waals surface area contributed by atoms with Crippen molar-refractivity contribution in [3.05, 3.63) is 99.6 Å². The summed E-state index contributed by atoms with van der Waals surface area (Å²) in [7, 11) is 0. The molecule has 0 heterocycles. The van der Waals surface area contributed by atoms with E-state index in [4.69, 9.17) is 4.74 Å². The number of carbonyl (C=O) groups is 2. The molecule has 0 aliphatic rings. The first-order valence-corrected chi connectivity index (χ1v) is 12.5. The number of benzene rings is 3. The van der Waals surface area contributed by atoms with Gasteiger partial charge in [-0.2, -0.15) is 0 Å². The van der Waals surface area contributed by atoms with Crippen LogP contribution in [0.4, 0.5) is 0 Å². The summed E-state index contributed by atoms with van der Waals surface area (Å²) in [6.45, 7) is 4.83. The molecule has 5 nitrogen and oxygen atoms in total. The summed E-state index contributed by atoms with van der Waals surface area (Å²) in [6.07, 6.45) is 0.423. The second-order valence-electron chi connectivity index (χ2n) is 8.59. The van der Waals surface area contributed by atoms with Crippen LogP contribution in [0.15, 0.2) is 84.9 Å². The molecule has 1 N–H and O–H groups in total. The topological polar surface area (TPSA) is 58.6 Å². The SMILES string of the molecule is CC(C)CNC(=O)[C@H](Cc1ccccc1)N(Cc1ccccc1)C(=O)COc1ccc(I)cc1. The minimum absolute atomic E-state index is 0.143. The van der Waals surface area contributed by atoms with Gasteiger partial charge in [0.1, 0.15) is 11.8 Å². The van der Waals surface area contributed by atoms with Crippen molar-refractivity contribution in [2.75, 3.05) is 13.2 Å². The maximum Gasteiger partial charge on any atom is 0.261 e. The van der Waals surface area contributed by atoms with Crippen molar-refractivity contribution in [2.45, 2.75) is 32.9 Å². The van der Waals surface area contributed by atoms with Gasteiger partial charge in [-0.1, -0.05) is 74.5 Å². The van der Waals surface area contributed by atoms with Gasteiger partial charge in [-0.15, -0.1) is 0 Å². The standard InChI is InChI=1S/C28H31IN2O3/c1-21(2)18-30-28(33)26(17-22-9-5-3-6-10-22)31(19-23-11-7-4-8-12-23)27(32)20-34-25-15-13-24(29)14-16-25/h3-16,21,26H,17-20H2,1-2H3,(H,30,33)/t26-/m0/s1. The van der Waals surface area contributed by atoms with Gasteiger partial charge in [0.25, 0.3) is 5.91 Å². The predicted molar refractivity (Wildman–Crippen MR) is 143 cm³/mol. The zero-order valence-corrected chi connectivity index (χ0v) is 21.8. The molecule has 0 aliphatic heterocycles. The fraction of sp³-hybridized carbons (Fsp3) is 0.286. The van der Waals surface area contributed by atoms with E-state index in [2.05, 4.69) is 27.9 Å². The van der Waals surface area contributed by atoms with Gasteiger partial charge in [-0.3, -0.25) is 9.59 Å². The van der Waals surface area contributed by atoms with Crippen LogP contribution in [-0.4, -0.2) is 35.9 Å². The van der Waals surface area contributed by atoms with Crippen LogP contribution in [-0.2, 0) is 22.6 Å². The molecule has 3 rings (SSSR count). The number of carbonyl (C=O) groups excluding carboxylic acids is 2. The molecule has 3 aromatic carbocycles. The third-order valence-electron chi connectivity index (χ3n) is 5.33. The van der Waals surface area contributed by atoms with Crippen molar-refractivity contribution in [1.82, 2.24) is 10.2 Å². The Morgan fingerprint density at radius 3 is 2.06 bits per heavy atom. The lowest BCUT2D eigenvalue weighted by Crippen LogP contribution is -2.52.